The van der Waals surface area contributed by atoms with Crippen molar-refractivity contribution >= 4 is 5.95 Å². The molecule has 0 saturated heterocycles. The van der Waals surface area contributed by atoms with Gasteiger partial charge in [0.15, 0.2) is 0 Å². The molecule has 2 aromatic rings. The van der Waals surface area contributed by atoms with E-state index in [1.807, 2.05) is 13.0 Å². The van der Waals surface area contributed by atoms with E-state index in [9.17, 15) is 4.39 Å². The summed E-state index contributed by atoms with van der Waals surface area (Å²) in [4.78, 5) is 8.51. The lowest BCUT2D eigenvalue weighted by atomic mass is 10.1. The normalized spacial score (nSPS) is 10.4. The molecule has 94 valence electrons. The average molecular weight is 245 g/mol. The summed E-state index contributed by atoms with van der Waals surface area (Å²) in [5.41, 5.74) is 2.38. The summed E-state index contributed by atoms with van der Waals surface area (Å²) < 4.78 is 13.4. The van der Waals surface area contributed by atoms with Crippen molar-refractivity contribution < 1.29 is 4.39 Å². The molecule has 0 aliphatic rings. The molecule has 0 saturated carbocycles. The third kappa shape index (κ3) is 3.03. The van der Waals surface area contributed by atoms with Crippen molar-refractivity contribution in [2.45, 2.75) is 20.3 Å². The maximum absolute atomic E-state index is 13.4. The Morgan fingerprint density at radius 2 is 2.11 bits per heavy atom. The van der Waals surface area contributed by atoms with Gasteiger partial charge < -0.3 is 5.32 Å². The molecule has 1 aromatic heterocycles. The van der Waals surface area contributed by atoms with Gasteiger partial charge in [0.2, 0.25) is 5.95 Å². The van der Waals surface area contributed by atoms with Crippen LogP contribution in [0.1, 0.15) is 18.9 Å². The molecule has 0 radical (unpaired) electrons. The molecule has 0 fully saturated rings. The molecule has 0 unspecified atom stereocenters. The van der Waals surface area contributed by atoms with Crippen molar-refractivity contribution in [3.05, 3.63) is 41.8 Å². The summed E-state index contributed by atoms with van der Waals surface area (Å²) in [6.45, 7) is 4.77. The molecule has 0 bridgehead atoms. The second-order valence-corrected chi connectivity index (χ2v) is 4.21. The molecule has 0 aliphatic carbocycles. The van der Waals surface area contributed by atoms with Crippen LogP contribution in [0.2, 0.25) is 0 Å². The van der Waals surface area contributed by atoms with Gasteiger partial charge in [-0.25, -0.2) is 14.4 Å². The predicted molar refractivity (Wildman–Crippen MR) is 70.9 cm³/mol. The maximum atomic E-state index is 13.4. The number of nitrogens with zero attached hydrogens (tertiary/aromatic N) is 2. The largest absolute Gasteiger partial charge is 0.354 e. The number of hydrogen-bond donors (Lipinski definition) is 1. The van der Waals surface area contributed by atoms with Gasteiger partial charge in [0.05, 0.1) is 5.69 Å². The van der Waals surface area contributed by atoms with Gasteiger partial charge >= 0.3 is 0 Å². The fourth-order valence-corrected chi connectivity index (χ4v) is 1.73. The summed E-state index contributed by atoms with van der Waals surface area (Å²) in [7, 11) is 0. The van der Waals surface area contributed by atoms with Gasteiger partial charge in [-0.1, -0.05) is 6.92 Å². The second-order valence-electron chi connectivity index (χ2n) is 4.21. The van der Waals surface area contributed by atoms with E-state index in [0.29, 0.717) is 5.95 Å². The second kappa shape index (κ2) is 5.58. The molecule has 0 spiro atoms. The van der Waals surface area contributed by atoms with E-state index in [2.05, 4.69) is 22.2 Å². The molecular formula is C14H16FN3. The highest BCUT2D eigenvalue weighted by Gasteiger charge is 2.04. The van der Waals surface area contributed by atoms with Gasteiger partial charge in [-0.3, -0.25) is 0 Å². The van der Waals surface area contributed by atoms with Crippen molar-refractivity contribution in [1.29, 1.82) is 0 Å². The summed E-state index contributed by atoms with van der Waals surface area (Å²) in [5.74, 6) is 0.336. The summed E-state index contributed by atoms with van der Waals surface area (Å²) >= 11 is 0. The van der Waals surface area contributed by atoms with Gasteiger partial charge in [0, 0.05) is 18.3 Å². The lowest BCUT2D eigenvalue weighted by Gasteiger charge is -2.06. The summed E-state index contributed by atoms with van der Waals surface area (Å²) in [6.07, 6.45) is 2.69. The SMILES string of the molecule is CCCNc1nccc(-c2cc(C)cc(F)c2)n1. The van der Waals surface area contributed by atoms with Crippen LogP contribution in [0.25, 0.3) is 11.3 Å². The zero-order valence-electron chi connectivity index (χ0n) is 10.6. The van der Waals surface area contributed by atoms with Crippen LogP contribution in [0.15, 0.2) is 30.5 Å². The Morgan fingerprint density at radius 1 is 1.28 bits per heavy atom. The van der Waals surface area contributed by atoms with E-state index in [1.54, 1.807) is 12.3 Å². The third-order valence-electron chi connectivity index (χ3n) is 2.53. The van der Waals surface area contributed by atoms with Crippen LogP contribution in [0, 0.1) is 12.7 Å². The molecule has 18 heavy (non-hydrogen) atoms. The molecule has 3 nitrogen and oxygen atoms in total. The minimum atomic E-state index is -0.244. The number of anilines is 1. The Bertz CT molecular complexity index is 520. The topological polar surface area (TPSA) is 37.8 Å². The number of nitrogens with one attached hydrogen (secondary N) is 1. The highest BCUT2D eigenvalue weighted by atomic mass is 19.1. The minimum absolute atomic E-state index is 0.244. The fraction of sp³-hybridized carbons (Fsp3) is 0.286. The van der Waals surface area contributed by atoms with E-state index in [0.717, 1.165) is 29.8 Å². The van der Waals surface area contributed by atoms with Crippen molar-refractivity contribution in [3.8, 4) is 11.3 Å². The molecule has 0 aliphatic heterocycles. The standard InChI is InChI=1S/C14H16FN3/c1-3-5-16-14-17-6-4-13(18-14)11-7-10(2)8-12(15)9-11/h4,6-9H,3,5H2,1-2H3,(H,16,17,18). The molecule has 1 heterocycles. The molecule has 1 aromatic carbocycles. The van der Waals surface area contributed by atoms with Gasteiger partial charge in [0.1, 0.15) is 5.82 Å². The predicted octanol–water partition coefficient (Wildman–Crippen LogP) is 3.41. The van der Waals surface area contributed by atoms with Gasteiger partial charge in [-0.05, 0) is 43.2 Å². The van der Waals surface area contributed by atoms with Crippen LogP contribution in [0.4, 0.5) is 10.3 Å². The van der Waals surface area contributed by atoms with E-state index in [1.165, 1.54) is 12.1 Å². The van der Waals surface area contributed by atoms with Gasteiger partial charge in [-0.2, -0.15) is 0 Å². The Balaban J connectivity index is 2.32. The molecule has 0 amide bonds. The summed E-state index contributed by atoms with van der Waals surface area (Å²) in [5, 5.41) is 3.12. The van der Waals surface area contributed by atoms with Crippen LogP contribution >= 0.6 is 0 Å². The van der Waals surface area contributed by atoms with Gasteiger partial charge in [-0.15, -0.1) is 0 Å². The first-order valence-corrected chi connectivity index (χ1v) is 6.03. The highest BCUT2D eigenvalue weighted by molar-refractivity contribution is 5.61. The third-order valence-corrected chi connectivity index (χ3v) is 2.53. The lowest BCUT2D eigenvalue weighted by molar-refractivity contribution is 0.627. The van der Waals surface area contributed by atoms with Crippen molar-refractivity contribution in [3.63, 3.8) is 0 Å². The Hall–Kier alpha value is -1.97. The number of rotatable bonds is 4. The molecular weight excluding hydrogens is 229 g/mol. The highest BCUT2D eigenvalue weighted by Crippen LogP contribution is 2.20. The summed E-state index contributed by atoms with van der Waals surface area (Å²) in [6, 6.07) is 6.68. The number of aromatic nitrogens is 2. The molecule has 1 N–H and O–H groups in total. The number of hydrogen-bond acceptors (Lipinski definition) is 3. The average Bonchev–Trinajstić information content (AvgIpc) is 2.35. The smallest absolute Gasteiger partial charge is 0.223 e. The van der Waals surface area contributed by atoms with E-state index in [-0.39, 0.29) is 5.82 Å². The van der Waals surface area contributed by atoms with Crippen LogP contribution in [0.3, 0.4) is 0 Å². The Kier molecular flexibility index (Phi) is 3.87. The first-order chi connectivity index (χ1) is 8.69. The van der Waals surface area contributed by atoms with Crippen molar-refractivity contribution in [2.24, 2.45) is 0 Å². The molecule has 2 rings (SSSR count). The quantitative estimate of drug-likeness (QED) is 0.897. The monoisotopic (exact) mass is 245 g/mol. The first kappa shape index (κ1) is 12.5. The van der Waals surface area contributed by atoms with Crippen LogP contribution in [-0.4, -0.2) is 16.5 Å². The van der Waals surface area contributed by atoms with Gasteiger partial charge in [0.25, 0.3) is 0 Å². The Labute approximate surface area is 106 Å². The maximum Gasteiger partial charge on any atom is 0.223 e. The zero-order valence-corrected chi connectivity index (χ0v) is 10.6. The molecule has 0 atom stereocenters. The van der Waals surface area contributed by atoms with Crippen molar-refractivity contribution in [2.75, 3.05) is 11.9 Å². The number of halogens is 1. The Morgan fingerprint density at radius 3 is 2.83 bits per heavy atom. The lowest BCUT2D eigenvalue weighted by Crippen LogP contribution is -2.04. The van der Waals surface area contributed by atoms with E-state index < -0.39 is 0 Å². The first-order valence-electron chi connectivity index (χ1n) is 6.03. The minimum Gasteiger partial charge on any atom is -0.354 e. The number of benzene rings is 1. The van der Waals surface area contributed by atoms with Crippen LogP contribution < -0.4 is 5.32 Å². The van der Waals surface area contributed by atoms with E-state index >= 15 is 0 Å². The van der Waals surface area contributed by atoms with Crippen LogP contribution in [0.5, 0.6) is 0 Å². The van der Waals surface area contributed by atoms with Crippen LogP contribution in [-0.2, 0) is 0 Å². The number of aryl methyl sites for hydroxylation is 1. The van der Waals surface area contributed by atoms with Crippen molar-refractivity contribution in [1.82, 2.24) is 9.97 Å². The fourth-order valence-electron chi connectivity index (χ4n) is 1.73. The zero-order chi connectivity index (χ0) is 13.0. The molecule has 4 heteroatoms. The van der Waals surface area contributed by atoms with E-state index in [4.69, 9.17) is 0 Å².